The highest BCUT2D eigenvalue weighted by Crippen LogP contribution is 2.42. The van der Waals surface area contributed by atoms with Crippen LogP contribution in [0.4, 0.5) is 0 Å². The molecule has 0 aliphatic heterocycles. The molecule has 4 nitrogen and oxygen atoms in total. The van der Waals surface area contributed by atoms with E-state index in [2.05, 4.69) is 36.7 Å². The highest BCUT2D eigenvalue weighted by Gasteiger charge is 2.32. The minimum Gasteiger partial charge on any atom is -0.388 e. The molecule has 33 heavy (non-hydrogen) atoms. The van der Waals surface area contributed by atoms with E-state index in [0.717, 1.165) is 54.0 Å². The summed E-state index contributed by atoms with van der Waals surface area (Å²) in [4.78, 5) is 11.3. The highest BCUT2D eigenvalue weighted by atomic mass is 32.1. The van der Waals surface area contributed by atoms with Crippen LogP contribution in [0.1, 0.15) is 70.2 Å². The molecule has 2 heterocycles. The SMILES string of the molecule is Cc1nc2c(s1)CC[C@@H]2c1nc2ccc(CC3CC[C@H]([C@H](O)c4ccccc4)C3)cc2n1C. The van der Waals surface area contributed by atoms with Gasteiger partial charge in [0.25, 0.3) is 0 Å². The third kappa shape index (κ3) is 3.81. The summed E-state index contributed by atoms with van der Waals surface area (Å²) in [6.07, 6.45) is 6.37. The van der Waals surface area contributed by atoms with Crippen LogP contribution < -0.4 is 0 Å². The molecule has 2 aromatic carbocycles. The Kier molecular flexibility index (Phi) is 5.34. The summed E-state index contributed by atoms with van der Waals surface area (Å²) in [5.41, 5.74) is 6.00. The Morgan fingerprint density at radius 1 is 1.09 bits per heavy atom. The molecule has 0 radical (unpaired) electrons. The first-order chi connectivity index (χ1) is 16.1. The van der Waals surface area contributed by atoms with E-state index in [0.29, 0.717) is 17.8 Å². The highest BCUT2D eigenvalue weighted by molar-refractivity contribution is 7.11. The Morgan fingerprint density at radius 3 is 2.79 bits per heavy atom. The second kappa shape index (κ2) is 8.37. The van der Waals surface area contributed by atoms with Gasteiger partial charge in [-0.25, -0.2) is 9.97 Å². The van der Waals surface area contributed by atoms with Gasteiger partial charge in [0.05, 0.1) is 33.8 Å². The Balaban J connectivity index is 1.19. The van der Waals surface area contributed by atoms with Gasteiger partial charge in [-0.3, -0.25) is 0 Å². The first-order valence-corrected chi connectivity index (χ1v) is 13.0. The zero-order chi connectivity index (χ0) is 22.5. The van der Waals surface area contributed by atoms with Crippen molar-refractivity contribution >= 4 is 22.4 Å². The molecule has 0 bridgehead atoms. The van der Waals surface area contributed by atoms with Crippen molar-refractivity contribution in [1.29, 1.82) is 0 Å². The van der Waals surface area contributed by atoms with Crippen LogP contribution >= 0.6 is 11.3 Å². The van der Waals surface area contributed by atoms with Crippen LogP contribution in [0.2, 0.25) is 0 Å². The van der Waals surface area contributed by atoms with Crippen LogP contribution in [-0.4, -0.2) is 19.6 Å². The normalized spacial score (nSPS) is 23.3. The lowest BCUT2D eigenvalue weighted by Gasteiger charge is -2.19. The minimum atomic E-state index is -0.344. The van der Waals surface area contributed by atoms with Gasteiger partial charge in [-0.2, -0.15) is 0 Å². The average Bonchev–Trinajstić information content (AvgIpc) is 3.59. The number of thiazole rings is 1. The maximum absolute atomic E-state index is 10.8. The van der Waals surface area contributed by atoms with E-state index >= 15 is 0 Å². The maximum Gasteiger partial charge on any atom is 0.118 e. The topological polar surface area (TPSA) is 50.9 Å². The molecule has 0 saturated heterocycles. The molecule has 2 aliphatic carbocycles. The third-order valence-corrected chi connectivity index (χ3v) is 8.86. The summed E-state index contributed by atoms with van der Waals surface area (Å²) in [5, 5.41) is 12.0. The van der Waals surface area contributed by atoms with E-state index in [4.69, 9.17) is 9.97 Å². The van der Waals surface area contributed by atoms with Crippen molar-refractivity contribution in [3.8, 4) is 0 Å². The summed E-state index contributed by atoms with van der Waals surface area (Å²) in [6, 6.07) is 16.9. The van der Waals surface area contributed by atoms with Crippen molar-refractivity contribution in [3.63, 3.8) is 0 Å². The molecule has 2 aromatic heterocycles. The smallest absolute Gasteiger partial charge is 0.118 e. The quantitative estimate of drug-likeness (QED) is 0.393. The van der Waals surface area contributed by atoms with Crippen LogP contribution in [0.3, 0.4) is 0 Å². The summed E-state index contributed by atoms with van der Waals surface area (Å²) in [7, 11) is 2.16. The molecule has 1 fully saturated rings. The first kappa shape index (κ1) is 21.1. The number of aryl methyl sites for hydroxylation is 3. The van der Waals surface area contributed by atoms with Crippen LogP contribution in [0.15, 0.2) is 48.5 Å². The largest absolute Gasteiger partial charge is 0.388 e. The molecule has 1 N–H and O–H groups in total. The van der Waals surface area contributed by atoms with Gasteiger partial charge >= 0.3 is 0 Å². The van der Waals surface area contributed by atoms with Crippen molar-refractivity contribution in [2.24, 2.45) is 18.9 Å². The number of aliphatic hydroxyl groups is 1. The predicted octanol–water partition coefficient (Wildman–Crippen LogP) is 6.11. The van der Waals surface area contributed by atoms with Crippen LogP contribution in [0.5, 0.6) is 0 Å². The molecule has 6 rings (SSSR count). The zero-order valence-corrected chi connectivity index (χ0v) is 20.2. The van der Waals surface area contributed by atoms with Gasteiger partial charge in [-0.05, 0) is 80.5 Å². The molecule has 2 aliphatic rings. The Morgan fingerprint density at radius 2 is 1.94 bits per heavy atom. The number of hydrogen-bond acceptors (Lipinski definition) is 4. The van der Waals surface area contributed by atoms with Crippen LogP contribution in [0.25, 0.3) is 11.0 Å². The number of rotatable bonds is 5. The van der Waals surface area contributed by atoms with E-state index in [-0.39, 0.29) is 6.10 Å². The molecule has 170 valence electrons. The fraction of sp³-hybridized carbons (Fsp3) is 0.429. The number of nitrogens with zero attached hydrogens (tertiary/aromatic N) is 3. The fourth-order valence-electron chi connectivity index (χ4n) is 6.13. The van der Waals surface area contributed by atoms with Gasteiger partial charge in [-0.1, -0.05) is 36.4 Å². The monoisotopic (exact) mass is 457 g/mol. The Bertz CT molecular complexity index is 1290. The van der Waals surface area contributed by atoms with E-state index in [1.54, 1.807) is 0 Å². The number of benzene rings is 2. The van der Waals surface area contributed by atoms with Crippen molar-refractivity contribution in [2.45, 2.75) is 57.5 Å². The van der Waals surface area contributed by atoms with Crippen LogP contribution in [-0.2, 0) is 19.9 Å². The molecular weight excluding hydrogens is 426 g/mol. The van der Waals surface area contributed by atoms with Crippen molar-refractivity contribution < 1.29 is 5.11 Å². The van der Waals surface area contributed by atoms with Gasteiger partial charge in [0.15, 0.2) is 0 Å². The fourth-order valence-corrected chi connectivity index (χ4v) is 7.15. The number of aromatic nitrogens is 3. The summed E-state index contributed by atoms with van der Waals surface area (Å²) in [5.74, 6) is 2.47. The molecule has 4 atom stereocenters. The van der Waals surface area contributed by atoms with Crippen molar-refractivity contribution in [2.75, 3.05) is 0 Å². The number of fused-ring (bicyclic) bond motifs is 2. The van der Waals surface area contributed by atoms with E-state index in [1.165, 1.54) is 28.1 Å². The molecule has 5 heteroatoms. The van der Waals surface area contributed by atoms with Gasteiger partial charge in [-0.15, -0.1) is 11.3 Å². The number of hydrogen-bond donors (Lipinski definition) is 1. The summed E-state index contributed by atoms with van der Waals surface area (Å²) in [6.45, 7) is 2.10. The maximum atomic E-state index is 10.8. The van der Waals surface area contributed by atoms with Gasteiger partial charge in [0.1, 0.15) is 5.82 Å². The molecule has 0 amide bonds. The van der Waals surface area contributed by atoms with E-state index < -0.39 is 0 Å². The minimum absolute atomic E-state index is 0.320. The molecule has 4 aromatic rings. The molecular formula is C28H31N3OS. The summed E-state index contributed by atoms with van der Waals surface area (Å²) >= 11 is 1.84. The van der Waals surface area contributed by atoms with Crippen LogP contribution in [0, 0.1) is 18.8 Å². The molecule has 0 spiro atoms. The lowest BCUT2D eigenvalue weighted by molar-refractivity contribution is 0.109. The summed E-state index contributed by atoms with van der Waals surface area (Å²) < 4.78 is 2.30. The Hall–Kier alpha value is -2.50. The zero-order valence-electron chi connectivity index (χ0n) is 19.4. The standard InChI is InChI=1S/C28H31N3OS/c1-17-29-26-22(11-13-25(26)33-17)28-30-23-12-9-19(16-24(23)31(28)2)14-18-8-10-21(15-18)27(32)20-6-4-3-5-7-20/h3-7,9,12,16,18,21-22,27,32H,8,10-11,13-15H2,1-2H3/t18?,21-,22-,27+/m0/s1. The van der Waals surface area contributed by atoms with Crippen molar-refractivity contribution in [3.05, 3.63) is 81.1 Å². The lowest BCUT2D eigenvalue weighted by atomic mass is 9.91. The average molecular weight is 458 g/mol. The van der Waals surface area contributed by atoms with Gasteiger partial charge < -0.3 is 9.67 Å². The van der Waals surface area contributed by atoms with E-state index in [1.807, 2.05) is 41.7 Å². The molecule has 1 saturated carbocycles. The number of imidazole rings is 1. The second-order valence-electron chi connectivity index (χ2n) is 9.98. The second-order valence-corrected chi connectivity index (χ2v) is 11.3. The third-order valence-electron chi connectivity index (χ3n) is 7.81. The van der Waals surface area contributed by atoms with Gasteiger partial charge in [0, 0.05) is 11.9 Å². The van der Waals surface area contributed by atoms with Gasteiger partial charge in [0.2, 0.25) is 0 Å². The first-order valence-electron chi connectivity index (χ1n) is 12.2. The predicted molar refractivity (Wildman–Crippen MR) is 134 cm³/mol. The number of aliphatic hydroxyl groups excluding tert-OH is 1. The van der Waals surface area contributed by atoms with E-state index in [9.17, 15) is 5.11 Å². The Labute approximate surface area is 199 Å². The van der Waals surface area contributed by atoms with Crippen molar-refractivity contribution in [1.82, 2.24) is 14.5 Å². The lowest BCUT2D eigenvalue weighted by Crippen LogP contribution is -2.10. The molecule has 1 unspecified atom stereocenters.